The maximum Gasteiger partial charge on any atom is 0.326 e. The summed E-state index contributed by atoms with van der Waals surface area (Å²) in [5.74, 6) is -5.28. The molecule has 1 aliphatic heterocycles. The third-order valence-electron chi connectivity index (χ3n) is 12.0. The van der Waals surface area contributed by atoms with E-state index in [-0.39, 0.29) is 81.4 Å². The zero-order valence-electron chi connectivity index (χ0n) is 38.7. The first kappa shape index (κ1) is 53.7. The van der Waals surface area contributed by atoms with Crippen LogP contribution in [0.2, 0.25) is 0 Å². The molecule has 0 spiro atoms. The molecule has 2 aromatic carbocycles. The van der Waals surface area contributed by atoms with Gasteiger partial charge in [-0.3, -0.25) is 29.0 Å². The van der Waals surface area contributed by atoms with Crippen molar-refractivity contribution in [2.24, 2.45) is 28.3 Å². The summed E-state index contributed by atoms with van der Waals surface area (Å²) in [7, 11) is 1.46. The standard InChI is InChI=1S/C46H70N10O10/c1-6-27(3)37-41(61)49-25-9-8-11-33(52-46(66)53-35(44(64)65)12-10-26-50-45(47)48)39(59)54-38(28(4)7-2)42(62)51-34(23-17-29-13-19-31(57)20-14-29)43(63)56(5)36(40(60)55-37)24-18-30-15-21-32(58)22-16-30/h13-16,19-22,27-28,33-38,57-58H,6-12,17-18,23-26H2,1-5H3,(H,49,61)(H,51,62)(H,54,59)(H,55,60)(H,64,65)(H4,47,48,50)(H2,52,53,66)/t27-,28-,33+,34?,35-,36-,37-,38-/m0/s1. The number of hydrogen-bond acceptors (Lipinski definition) is 10. The molecule has 1 saturated heterocycles. The number of rotatable bonds is 17. The zero-order valence-corrected chi connectivity index (χ0v) is 38.7. The molecule has 364 valence electrons. The number of carbonyl (C=O) groups excluding carboxylic acids is 6. The molecule has 1 heterocycles. The fraction of sp³-hybridized carbons (Fsp3) is 0.565. The van der Waals surface area contributed by atoms with Gasteiger partial charge in [0.05, 0.1) is 0 Å². The van der Waals surface area contributed by atoms with Crippen molar-refractivity contribution >= 4 is 47.5 Å². The van der Waals surface area contributed by atoms with Crippen molar-refractivity contribution in [2.75, 3.05) is 20.1 Å². The maximum atomic E-state index is 14.8. The molecule has 0 aliphatic carbocycles. The number of amides is 7. The van der Waals surface area contributed by atoms with Crippen LogP contribution >= 0.6 is 0 Å². The van der Waals surface area contributed by atoms with Gasteiger partial charge in [-0.05, 0) is 105 Å². The van der Waals surface area contributed by atoms with Gasteiger partial charge in [-0.15, -0.1) is 0 Å². The number of urea groups is 1. The number of carboxylic acids is 1. The molecule has 20 heteroatoms. The van der Waals surface area contributed by atoms with Crippen molar-refractivity contribution < 1.29 is 48.9 Å². The van der Waals surface area contributed by atoms with Gasteiger partial charge in [-0.25, -0.2) is 9.59 Å². The summed E-state index contributed by atoms with van der Waals surface area (Å²) in [4.78, 5) is 102. The molecule has 2 aromatic rings. The SMILES string of the molecule is CC[C@H](C)[C@@H]1NC(=O)[C@H](NC(=O)N[C@@H](CCCN=C(N)N)C(=O)O)CCCCNC(=O)[C@H]([C@@H](C)CC)NC(=O)[C@H](CCc2ccc(O)cc2)N(C)C(=O)C(CCc2ccc(O)cc2)NC1=O. The molecular formula is C46H70N10O10. The van der Waals surface area contributed by atoms with Crippen LogP contribution in [0.25, 0.3) is 0 Å². The highest BCUT2D eigenvalue weighted by molar-refractivity contribution is 5.96. The number of guanidine groups is 1. The van der Waals surface area contributed by atoms with Crippen molar-refractivity contribution in [2.45, 2.75) is 135 Å². The average Bonchev–Trinajstić information content (AvgIpc) is 3.28. The van der Waals surface area contributed by atoms with E-state index in [1.165, 1.54) is 36.2 Å². The zero-order chi connectivity index (χ0) is 48.9. The number of likely N-dealkylation sites (N-methyl/N-ethyl adjacent to an activating group) is 1. The van der Waals surface area contributed by atoms with Gasteiger partial charge in [0.25, 0.3) is 0 Å². The number of carboxylic acid groups (broad SMARTS) is 1. The Hall–Kier alpha value is -6.60. The van der Waals surface area contributed by atoms with Gasteiger partial charge in [-0.2, -0.15) is 0 Å². The second-order valence-corrected chi connectivity index (χ2v) is 17.0. The minimum absolute atomic E-state index is 0.0224. The molecule has 66 heavy (non-hydrogen) atoms. The molecule has 0 saturated carbocycles. The number of benzene rings is 2. The third kappa shape index (κ3) is 17.4. The second-order valence-electron chi connectivity index (χ2n) is 17.0. The van der Waals surface area contributed by atoms with Crippen LogP contribution in [0.5, 0.6) is 11.5 Å². The first-order valence-corrected chi connectivity index (χ1v) is 22.7. The number of nitrogens with one attached hydrogen (secondary N) is 6. The molecule has 0 aromatic heterocycles. The summed E-state index contributed by atoms with van der Waals surface area (Å²) in [6, 6.07) is 4.68. The first-order chi connectivity index (χ1) is 31.3. The summed E-state index contributed by atoms with van der Waals surface area (Å²) in [6.07, 6.45) is 2.54. The van der Waals surface area contributed by atoms with Gasteiger partial charge in [0.1, 0.15) is 47.8 Å². The molecule has 1 unspecified atom stereocenters. The summed E-state index contributed by atoms with van der Waals surface area (Å²) >= 11 is 0. The number of aliphatic carboxylic acids is 1. The Morgan fingerprint density at radius 3 is 1.88 bits per heavy atom. The van der Waals surface area contributed by atoms with Gasteiger partial charge in [-0.1, -0.05) is 64.8 Å². The summed E-state index contributed by atoms with van der Waals surface area (Å²) < 4.78 is 0. The minimum atomic E-state index is -1.35. The number of nitrogens with zero attached hydrogens (tertiary/aromatic N) is 2. The summed E-state index contributed by atoms with van der Waals surface area (Å²) in [5.41, 5.74) is 12.2. The number of carbonyl (C=O) groups is 7. The van der Waals surface area contributed by atoms with E-state index in [2.05, 4.69) is 36.9 Å². The third-order valence-corrected chi connectivity index (χ3v) is 12.0. The lowest BCUT2D eigenvalue weighted by Gasteiger charge is -2.34. The van der Waals surface area contributed by atoms with E-state index in [0.717, 1.165) is 11.1 Å². The number of phenolic OH excluding ortho intramolecular Hbond substituents is 2. The highest BCUT2D eigenvalue weighted by Gasteiger charge is 2.37. The van der Waals surface area contributed by atoms with Crippen molar-refractivity contribution in [3.63, 3.8) is 0 Å². The second kappa shape index (κ2) is 27.0. The molecule has 20 nitrogen and oxygen atoms in total. The van der Waals surface area contributed by atoms with Crippen LogP contribution in [0.1, 0.15) is 96.6 Å². The van der Waals surface area contributed by atoms with Crippen molar-refractivity contribution in [3.8, 4) is 11.5 Å². The van der Waals surface area contributed by atoms with Crippen LogP contribution < -0.4 is 43.4 Å². The fourth-order valence-electron chi connectivity index (χ4n) is 7.45. The Morgan fingerprint density at radius 1 is 0.788 bits per heavy atom. The van der Waals surface area contributed by atoms with Gasteiger partial charge in [0.2, 0.25) is 29.5 Å². The summed E-state index contributed by atoms with van der Waals surface area (Å²) in [5, 5.41) is 46.0. The molecule has 8 atom stereocenters. The molecule has 3 rings (SSSR count). The molecule has 0 bridgehead atoms. The van der Waals surface area contributed by atoms with E-state index >= 15 is 0 Å². The van der Waals surface area contributed by atoms with Gasteiger partial charge < -0.3 is 63.6 Å². The minimum Gasteiger partial charge on any atom is -0.508 e. The molecule has 1 fully saturated rings. The molecule has 7 amide bonds. The highest BCUT2D eigenvalue weighted by Crippen LogP contribution is 2.19. The lowest BCUT2D eigenvalue weighted by molar-refractivity contribution is -0.143. The van der Waals surface area contributed by atoms with Gasteiger partial charge in [0, 0.05) is 20.1 Å². The largest absolute Gasteiger partial charge is 0.508 e. The average molecular weight is 923 g/mol. The molecule has 1 aliphatic rings. The van der Waals surface area contributed by atoms with Crippen LogP contribution in [0.15, 0.2) is 53.5 Å². The van der Waals surface area contributed by atoms with Crippen LogP contribution in [0, 0.1) is 11.8 Å². The van der Waals surface area contributed by atoms with Crippen molar-refractivity contribution in [1.82, 2.24) is 36.8 Å². The number of aliphatic imine (C=N–C) groups is 1. The predicted molar refractivity (Wildman–Crippen MR) is 248 cm³/mol. The van der Waals surface area contributed by atoms with Crippen molar-refractivity contribution in [1.29, 1.82) is 0 Å². The van der Waals surface area contributed by atoms with E-state index in [4.69, 9.17) is 11.5 Å². The van der Waals surface area contributed by atoms with E-state index in [1.807, 2.05) is 20.8 Å². The van der Waals surface area contributed by atoms with Crippen molar-refractivity contribution in [3.05, 3.63) is 59.7 Å². The smallest absolute Gasteiger partial charge is 0.326 e. The maximum absolute atomic E-state index is 14.8. The number of aryl methyl sites for hydroxylation is 2. The van der Waals surface area contributed by atoms with Crippen LogP contribution in [0.4, 0.5) is 4.79 Å². The van der Waals surface area contributed by atoms with E-state index in [1.54, 1.807) is 31.2 Å². The monoisotopic (exact) mass is 923 g/mol. The fourth-order valence-corrected chi connectivity index (χ4v) is 7.45. The lowest BCUT2D eigenvalue weighted by atomic mass is 9.95. The Labute approximate surface area is 386 Å². The van der Waals surface area contributed by atoms with E-state index < -0.39 is 83.7 Å². The number of phenols is 2. The normalized spacial score (nSPS) is 21.8. The molecule has 13 N–H and O–H groups in total. The van der Waals surface area contributed by atoms with E-state index in [9.17, 15) is 48.9 Å². The van der Waals surface area contributed by atoms with Crippen LogP contribution in [-0.4, -0.2) is 124 Å². The van der Waals surface area contributed by atoms with Gasteiger partial charge >= 0.3 is 12.0 Å². The first-order valence-electron chi connectivity index (χ1n) is 22.7. The topological polar surface area (TPSA) is 320 Å². The lowest BCUT2D eigenvalue weighted by Crippen LogP contribution is -2.61. The quantitative estimate of drug-likeness (QED) is 0.0612. The van der Waals surface area contributed by atoms with Crippen LogP contribution in [0.3, 0.4) is 0 Å². The Kier molecular flexibility index (Phi) is 22.0. The number of aromatic hydroxyl groups is 2. The van der Waals surface area contributed by atoms with Gasteiger partial charge in [0.15, 0.2) is 5.96 Å². The highest BCUT2D eigenvalue weighted by atomic mass is 16.4. The summed E-state index contributed by atoms with van der Waals surface area (Å²) in [6.45, 7) is 7.53. The Bertz CT molecular complexity index is 1960. The van der Waals surface area contributed by atoms with Crippen LogP contribution in [-0.2, 0) is 41.6 Å². The van der Waals surface area contributed by atoms with E-state index in [0.29, 0.717) is 25.7 Å². The number of hydrogen-bond donors (Lipinski definition) is 11. The Balaban J connectivity index is 2.06. The predicted octanol–water partition coefficient (Wildman–Crippen LogP) is 1.51. The number of nitrogens with two attached hydrogens (primary N) is 2. The molecular weight excluding hydrogens is 853 g/mol. The Morgan fingerprint density at radius 2 is 1.33 bits per heavy atom. The molecule has 0 radical (unpaired) electrons.